The largest absolute Gasteiger partial charge is 0.459 e. The number of allylic oxidation sites excluding steroid dienone is 1. The fourth-order valence-corrected chi connectivity index (χ4v) is 8.42. The quantitative estimate of drug-likeness (QED) is 0.336. The van der Waals surface area contributed by atoms with Gasteiger partial charge in [0.05, 0.1) is 18.8 Å². The van der Waals surface area contributed by atoms with Gasteiger partial charge < -0.3 is 34.6 Å². The Labute approximate surface area is 199 Å². The maximum atomic E-state index is 13.2. The number of hydrogen-bond donors (Lipinski definition) is 4. The van der Waals surface area contributed by atoms with E-state index in [2.05, 4.69) is 0 Å². The lowest BCUT2D eigenvalue weighted by Gasteiger charge is -2.68. The number of hydrogen-bond acceptors (Lipinski definition) is 9. The number of carbonyl (C=O) groups is 2. The first-order valence-corrected chi connectivity index (χ1v) is 12.3. The van der Waals surface area contributed by atoms with Crippen molar-refractivity contribution in [3.8, 4) is 0 Å². The summed E-state index contributed by atoms with van der Waals surface area (Å²) >= 11 is 0. The van der Waals surface area contributed by atoms with Gasteiger partial charge in [0.15, 0.2) is 5.79 Å². The van der Waals surface area contributed by atoms with Crippen molar-refractivity contribution in [2.24, 2.45) is 40.4 Å². The lowest BCUT2D eigenvalue weighted by molar-refractivity contribution is -0.345. The molecule has 5 rings (SSSR count). The molecule has 9 heteroatoms. The average molecular weight is 481 g/mol. The second-order valence-corrected chi connectivity index (χ2v) is 11.9. The second kappa shape index (κ2) is 7.49. The van der Waals surface area contributed by atoms with Crippen molar-refractivity contribution in [3.63, 3.8) is 0 Å². The highest BCUT2D eigenvalue weighted by Crippen LogP contribution is 2.74. The fraction of sp³-hybridized carbons (Fsp3) is 0.840. The molecule has 12 atom stereocenters. The molecule has 0 amide bonds. The van der Waals surface area contributed by atoms with Gasteiger partial charge in [-0.25, -0.2) is 4.79 Å². The predicted molar refractivity (Wildman–Crippen MR) is 117 cm³/mol. The van der Waals surface area contributed by atoms with Crippen LogP contribution in [0.4, 0.5) is 0 Å². The summed E-state index contributed by atoms with van der Waals surface area (Å²) in [6.07, 6.45) is -3.62. The van der Waals surface area contributed by atoms with Gasteiger partial charge in [-0.1, -0.05) is 39.3 Å². The maximum absolute atomic E-state index is 13.2. The van der Waals surface area contributed by atoms with E-state index in [0.29, 0.717) is 6.42 Å². The van der Waals surface area contributed by atoms with Crippen molar-refractivity contribution >= 4 is 11.9 Å². The summed E-state index contributed by atoms with van der Waals surface area (Å²) in [6, 6.07) is 0. The van der Waals surface area contributed by atoms with Crippen molar-refractivity contribution in [2.45, 2.75) is 83.8 Å². The number of aliphatic hydroxyl groups excluding tert-OH is 3. The third kappa shape index (κ3) is 2.79. The topological polar surface area (TPSA) is 143 Å². The van der Waals surface area contributed by atoms with Gasteiger partial charge in [-0.15, -0.1) is 0 Å². The number of aliphatic hydroxyl groups is 4. The normalized spacial score (nSPS) is 53.5. The zero-order valence-electron chi connectivity index (χ0n) is 20.3. The van der Waals surface area contributed by atoms with Crippen LogP contribution < -0.4 is 0 Å². The van der Waals surface area contributed by atoms with E-state index < -0.39 is 76.8 Å². The minimum atomic E-state index is -2.02. The molecule has 2 saturated carbocycles. The van der Waals surface area contributed by atoms with Crippen LogP contribution in [0.3, 0.4) is 0 Å². The number of ether oxygens (including phenoxy) is 3. The van der Waals surface area contributed by atoms with E-state index in [1.165, 1.54) is 0 Å². The molecule has 2 aliphatic heterocycles. The van der Waals surface area contributed by atoms with E-state index in [9.17, 15) is 30.0 Å². The van der Waals surface area contributed by atoms with E-state index in [-0.39, 0.29) is 24.9 Å². The molecule has 5 aliphatic rings. The standard InChI is InChI=1S/C25H36O9/c1-10(2)6-16(27)34-18-17-12(4)19(28)25(31)22-23(5)13(11(3)7-14(26)20(23)29)8-15(33-21(18)30)24(17,22)9-32-25/h7,10,12-15,17-20,22,26,28-29,31H,6,8-9H2,1-5H3. The molecule has 4 N–H and O–H groups in total. The Morgan fingerprint density at radius 1 is 1.26 bits per heavy atom. The highest BCUT2D eigenvalue weighted by atomic mass is 16.7. The van der Waals surface area contributed by atoms with Crippen LogP contribution in [-0.4, -0.2) is 75.3 Å². The van der Waals surface area contributed by atoms with Crippen LogP contribution in [0, 0.1) is 40.4 Å². The lowest BCUT2D eigenvalue weighted by Crippen LogP contribution is -2.78. The van der Waals surface area contributed by atoms with Gasteiger partial charge in [-0.2, -0.15) is 0 Å². The Hall–Kier alpha value is -1.52. The Balaban J connectivity index is 1.67. The summed E-state index contributed by atoms with van der Waals surface area (Å²) < 4.78 is 17.6. The molecule has 34 heavy (non-hydrogen) atoms. The van der Waals surface area contributed by atoms with Crippen LogP contribution in [-0.2, 0) is 23.8 Å². The SMILES string of the molecule is CC1=CC(O)C(O)C2(C)C1CC1OC(=O)C(OC(=O)CC(C)C)C3C(C)C(O)C4(O)OCC13C42. The molecule has 0 aromatic rings. The summed E-state index contributed by atoms with van der Waals surface area (Å²) in [7, 11) is 0. The molecular weight excluding hydrogens is 444 g/mol. The van der Waals surface area contributed by atoms with Crippen LogP contribution >= 0.6 is 0 Å². The van der Waals surface area contributed by atoms with E-state index >= 15 is 0 Å². The van der Waals surface area contributed by atoms with E-state index in [0.717, 1.165) is 5.57 Å². The van der Waals surface area contributed by atoms with E-state index in [1.54, 1.807) is 19.9 Å². The van der Waals surface area contributed by atoms with Gasteiger partial charge in [-0.3, -0.25) is 4.79 Å². The van der Waals surface area contributed by atoms with Crippen LogP contribution in [0.5, 0.6) is 0 Å². The molecule has 12 unspecified atom stereocenters. The number of rotatable bonds is 3. The fourth-order valence-electron chi connectivity index (χ4n) is 8.42. The van der Waals surface area contributed by atoms with Crippen LogP contribution in [0.25, 0.3) is 0 Å². The minimum absolute atomic E-state index is 0.0235. The molecule has 9 nitrogen and oxygen atoms in total. The van der Waals surface area contributed by atoms with E-state index in [1.807, 2.05) is 20.8 Å². The van der Waals surface area contributed by atoms with Gasteiger partial charge in [-0.05, 0) is 31.1 Å². The van der Waals surface area contributed by atoms with Crippen molar-refractivity contribution in [3.05, 3.63) is 11.6 Å². The first-order chi connectivity index (χ1) is 15.8. The maximum Gasteiger partial charge on any atom is 0.348 e. The molecular formula is C25H36O9. The molecule has 1 spiro atoms. The lowest BCUT2D eigenvalue weighted by atomic mass is 9.38. The minimum Gasteiger partial charge on any atom is -0.459 e. The van der Waals surface area contributed by atoms with Crippen molar-refractivity contribution in [2.75, 3.05) is 6.61 Å². The monoisotopic (exact) mass is 480 g/mol. The predicted octanol–water partition coefficient (Wildman–Crippen LogP) is 0.526. The van der Waals surface area contributed by atoms with Gasteiger partial charge in [0, 0.05) is 29.1 Å². The average Bonchev–Trinajstić information content (AvgIpc) is 3.03. The zero-order chi connectivity index (χ0) is 25.0. The van der Waals surface area contributed by atoms with Gasteiger partial charge in [0.25, 0.3) is 0 Å². The van der Waals surface area contributed by atoms with Gasteiger partial charge in [0.2, 0.25) is 6.10 Å². The number of esters is 2. The molecule has 0 radical (unpaired) electrons. The number of carbonyl (C=O) groups excluding carboxylic acids is 2. The molecule has 3 aliphatic carbocycles. The highest BCUT2D eigenvalue weighted by Gasteiger charge is 2.83. The molecule has 2 heterocycles. The molecule has 4 fully saturated rings. The van der Waals surface area contributed by atoms with Gasteiger partial charge in [0.1, 0.15) is 12.2 Å². The second-order valence-electron chi connectivity index (χ2n) is 11.9. The van der Waals surface area contributed by atoms with Crippen molar-refractivity contribution < 1.29 is 44.2 Å². The van der Waals surface area contributed by atoms with Crippen LogP contribution in [0.15, 0.2) is 11.6 Å². The Bertz CT molecular complexity index is 931. The summed E-state index contributed by atoms with van der Waals surface area (Å²) in [5, 5.41) is 45.1. The molecule has 0 aromatic heterocycles. The summed E-state index contributed by atoms with van der Waals surface area (Å²) in [5.41, 5.74) is -1.27. The van der Waals surface area contributed by atoms with E-state index in [4.69, 9.17) is 14.2 Å². The highest BCUT2D eigenvalue weighted by molar-refractivity contribution is 5.81. The Morgan fingerprint density at radius 3 is 2.59 bits per heavy atom. The van der Waals surface area contributed by atoms with Gasteiger partial charge >= 0.3 is 11.9 Å². The zero-order valence-corrected chi connectivity index (χ0v) is 20.3. The molecule has 0 aromatic carbocycles. The Morgan fingerprint density at radius 2 is 1.94 bits per heavy atom. The summed E-state index contributed by atoms with van der Waals surface area (Å²) in [5.74, 6) is -5.72. The van der Waals surface area contributed by atoms with Crippen molar-refractivity contribution in [1.82, 2.24) is 0 Å². The van der Waals surface area contributed by atoms with Crippen LogP contribution in [0.2, 0.25) is 0 Å². The third-order valence-electron chi connectivity index (χ3n) is 9.63. The molecule has 2 bridgehead atoms. The van der Waals surface area contributed by atoms with Crippen LogP contribution in [0.1, 0.15) is 47.5 Å². The molecule has 2 saturated heterocycles. The summed E-state index contributed by atoms with van der Waals surface area (Å²) in [4.78, 5) is 25.8. The first-order valence-electron chi connectivity index (χ1n) is 12.3. The first kappa shape index (κ1) is 24.2. The smallest absolute Gasteiger partial charge is 0.348 e. The summed E-state index contributed by atoms with van der Waals surface area (Å²) in [6.45, 7) is 9.10. The third-order valence-corrected chi connectivity index (χ3v) is 9.63. The van der Waals surface area contributed by atoms with Crippen molar-refractivity contribution in [1.29, 1.82) is 0 Å². The Kier molecular flexibility index (Phi) is 5.33. The molecule has 190 valence electrons. The number of fused-ring (bicyclic) bond motifs is 1.